The quantitative estimate of drug-likeness (QED) is 0.847. The van der Waals surface area contributed by atoms with Gasteiger partial charge in [-0.15, -0.1) is 0 Å². The zero-order valence-corrected chi connectivity index (χ0v) is 13.2. The lowest BCUT2D eigenvalue weighted by molar-refractivity contribution is -0.146. The highest BCUT2D eigenvalue weighted by Gasteiger charge is 2.26. The van der Waals surface area contributed by atoms with Crippen molar-refractivity contribution in [3.63, 3.8) is 0 Å². The van der Waals surface area contributed by atoms with E-state index in [0.717, 1.165) is 0 Å². The van der Waals surface area contributed by atoms with E-state index in [1.807, 2.05) is 13.8 Å². The number of hydrogen-bond acceptors (Lipinski definition) is 5. The Morgan fingerprint density at radius 2 is 2.10 bits per heavy atom. The van der Waals surface area contributed by atoms with E-state index in [1.165, 1.54) is 0 Å². The summed E-state index contributed by atoms with van der Waals surface area (Å²) in [7, 11) is 0. The first-order valence-corrected chi connectivity index (χ1v) is 7.42. The molecule has 0 amide bonds. The molecule has 0 aliphatic carbocycles. The van der Waals surface area contributed by atoms with E-state index in [0.29, 0.717) is 41.9 Å². The van der Waals surface area contributed by atoms with Gasteiger partial charge < -0.3 is 14.2 Å². The van der Waals surface area contributed by atoms with E-state index < -0.39 is 6.04 Å². The highest BCUT2D eigenvalue weighted by atomic mass is 35.5. The van der Waals surface area contributed by atoms with Crippen molar-refractivity contribution in [3.8, 4) is 11.5 Å². The van der Waals surface area contributed by atoms with Gasteiger partial charge in [0, 0.05) is 6.04 Å². The number of rotatable bonds is 5. The number of carbonyl (C=O) groups excluding carboxylic acids is 1. The van der Waals surface area contributed by atoms with Crippen LogP contribution in [0.1, 0.15) is 32.4 Å². The van der Waals surface area contributed by atoms with Gasteiger partial charge in [0.05, 0.1) is 11.6 Å². The van der Waals surface area contributed by atoms with Crippen LogP contribution in [0.3, 0.4) is 0 Å². The van der Waals surface area contributed by atoms with Gasteiger partial charge in [0.25, 0.3) is 0 Å². The number of nitrogens with one attached hydrogen (secondary N) is 1. The molecule has 1 aliphatic rings. The standard InChI is InChI=1S/C15H20ClNO4/c1-4-19-15(18)13(17-9(2)3)10-7-11(16)14-12(8-10)20-5-6-21-14/h7-9,13,17H,4-6H2,1-3H3. The van der Waals surface area contributed by atoms with Crippen molar-refractivity contribution in [2.75, 3.05) is 19.8 Å². The monoisotopic (exact) mass is 313 g/mol. The van der Waals surface area contributed by atoms with Crippen LogP contribution in [-0.2, 0) is 9.53 Å². The molecule has 1 aromatic carbocycles. The van der Waals surface area contributed by atoms with Crippen molar-refractivity contribution in [1.82, 2.24) is 5.32 Å². The molecule has 1 aromatic rings. The number of halogens is 1. The molecule has 21 heavy (non-hydrogen) atoms. The van der Waals surface area contributed by atoms with Crippen LogP contribution in [0, 0.1) is 0 Å². The Kier molecular flexibility index (Phi) is 5.31. The fourth-order valence-electron chi connectivity index (χ4n) is 2.16. The van der Waals surface area contributed by atoms with Crippen LogP contribution in [0.2, 0.25) is 5.02 Å². The molecule has 5 nitrogen and oxygen atoms in total. The molecule has 1 atom stereocenters. The molecule has 0 radical (unpaired) electrons. The number of ether oxygens (including phenoxy) is 3. The summed E-state index contributed by atoms with van der Waals surface area (Å²) in [6.45, 7) is 6.97. The Morgan fingerprint density at radius 3 is 2.76 bits per heavy atom. The molecule has 6 heteroatoms. The summed E-state index contributed by atoms with van der Waals surface area (Å²) in [5.41, 5.74) is 0.705. The van der Waals surface area contributed by atoms with Gasteiger partial charge in [-0.1, -0.05) is 11.6 Å². The Balaban J connectivity index is 2.35. The molecular weight excluding hydrogens is 294 g/mol. The maximum Gasteiger partial charge on any atom is 0.327 e. The van der Waals surface area contributed by atoms with E-state index in [1.54, 1.807) is 19.1 Å². The SMILES string of the molecule is CCOC(=O)C(NC(C)C)c1cc(Cl)c2c(c1)OCCO2. The number of esters is 1. The Bertz CT molecular complexity index is 519. The molecule has 0 saturated carbocycles. The number of carbonyl (C=O) groups is 1. The smallest absolute Gasteiger partial charge is 0.327 e. The topological polar surface area (TPSA) is 56.8 Å². The summed E-state index contributed by atoms with van der Waals surface area (Å²) in [6, 6.07) is 3.02. The molecular formula is C15H20ClNO4. The summed E-state index contributed by atoms with van der Waals surface area (Å²) in [4.78, 5) is 12.2. The van der Waals surface area contributed by atoms with Crippen molar-refractivity contribution in [1.29, 1.82) is 0 Å². The largest absolute Gasteiger partial charge is 0.486 e. The molecule has 0 fully saturated rings. The Labute approximate surface area is 129 Å². The van der Waals surface area contributed by atoms with Crippen molar-refractivity contribution < 1.29 is 19.0 Å². The summed E-state index contributed by atoms with van der Waals surface area (Å²) >= 11 is 6.22. The fraction of sp³-hybridized carbons (Fsp3) is 0.533. The predicted octanol–water partition coefficient (Wildman–Crippen LogP) is 2.71. The van der Waals surface area contributed by atoms with Crippen molar-refractivity contribution in [3.05, 3.63) is 22.7 Å². The van der Waals surface area contributed by atoms with Crippen LogP contribution in [0.4, 0.5) is 0 Å². The summed E-state index contributed by atoms with van der Waals surface area (Å²) in [5, 5.41) is 3.62. The van der Waals surface area contributed by atoms with Gasteiger partial charge in [-0.2, -0.15) is 0 Å². The lowest BCUT2D eigenvalue weighted by Crippen LogP contribution is -2.35. The van der Waals surface area contributed by atoms with Crippen LogP contribution in [0.5, 0.6) is 11.5 Å². The first-order valence-electron chi connectivity index (χ1n) is 7.04. The number of hydrogen-bond donors (Lipinski definition) is 1. The lowest BCUT2D eigenvalue weighted by atomic mass is 10.0. The van der Waals surface area contributed by atoms with Crippen LogP contribution < -0.4 is 14.8 Å². The fourth-order valence-corrected chi connectivity index (χ4v) is 2.43. The molecule has 0 aromatic heterocycles. The third kappa shape index (κ3) is 3.80. The summed E-state index contributed by atoms with van der Waals surface area (Å²) < 4.78 is 16.2. The Morgan fingerprint density at radius 1 is 1.38 bits per heavy atom. The van der Waals surface area contributed by atoms with E-state index in [-0.39, 0.29) is 12.0 Å². The van der Waals surface area contributed by atoms with E-state index in [2.05, 4.69) is 5.32 Å². The van der Waals surface area contributed by atoms with Crippen LogP contribution in [-0.4, -0.2) is 31.8 Å². The molecule has 1 N–H and O–H groups in total. The second kappa shape index (κ2) is 7.00. The van der Waals surface area contributed by atoms with E-state index in [9.17, 15) is 4.79 Å². The van der Waals surface area contributed by atoms with E-state index >= 15 is 0 Å². The van der Waals surface area contributed by atoms with Crippen LogP contribution >= 0.6 is 11.6 Å². The highest BCUT2D eigenvalue weighted by Crippen LogP contribution is 2.39. The van der Waals surface area contributed by atoms with Gasteiger partial charge in [-0.05, 0) is 38.5 Å². The van der Waals surface area contributed by atoms with Crippen LogP contribution in [0.15, 0.2) is 12.1 Å². The second-order valence-corrected chi connectivity index (χ2v) is 5.44. The molecule has 1 aliphatic heterocycles. The van der Waals surface area contributed by atoms with Gasteiger partial charge in [0.15, 0.2) is 11.5 Å². The first-order chi connectivity index (χ1) is 10.0. The normalized spacial score (nSPS) is 14.9. The third-order valence-electron chi connectivity index (χ3n) is 2.97. The minimum Gasteiger partial charge on any atom is -0.486 e. The van der Waals surface area contributed by atoms with E-state index in [4.69, 9.17) is 25.8 Å². The molecule has 1 unspecified atom stereocenters. The number of benzene rings is 1. The third-order valence-corrected chi connectivity index (χ3v) is 3.26. The van der Waals surface area contributed by atoms with Crippen molar-refractivity contribution in [2.24, 2.45) is 0 Å². The molecule has 0 spiro atoms. The molecule has 1 heterocycles. The first kappa shape index (κ1) is 15.9. The minimum atomic E-state index is -0.585. The Hall–Kier alpha value is -1.46. The minimum absolute atomic E-state index is 0.117. The molecule has 116 valence electrons. The van der Waals surface area contributed by atoms with Gasteiger partial charge in [-0.25, -0.2) is 4.79 Å². The summed E-state index contributed by atoms with van der Waals surface area (Å²) in [6.07, 6.45) is 0. The second-order valence-electron chi connectivity index (χ2n) is 5.03. The average Bonchev–Trinajstić information content (AvgIpc) is 2.44. The van der Waals surface area contributed by atoms with Gasteiger partial charge in [-0.3, -0.25) is 5.32 Å². The zero-order valence-electron chi connectivity index (χ0n) is 12.4. The van der Waals surface area contributed by atoms with Crippen molar-refractivity contribution in [2.45, 2.75) is 32.9 Å². The van der Waals surface area contributed by atoms with Gasteiger partial charge in [0.1, 0.15) is 19.3 Å². The number of fused-ring (bicyclic) bond motifs is 1. The van der Waals surface area contributed by atoms with Gasteiger partial charge >= 0.3 is 5.97 Å². The molecule has 0 bridgehead atoms. The zero-order chi connectivity index (χ0) is 15.4. The average molecular weight is 314 g/mol. The predicted molar refractivity (Wildman–Crippen MR) is 80.1 cm³/mol. The summed E-state index contributed by atoms with van der Waals surface area (Å²) in [5.74, 6) is 0.751. The van der Waals surface area contributed by atoms with Crippen LogP contribution in [0.25, 0.3) is 0 Å². The maximum absolute atomic E-state index is 12.2. The molecule has 0 saturated heterocycles. The maximum atomic E-state index is 12.2. The highest BCUT2D eigenvalue weighted by molar-refractivity contribution is 6.32. The van der Waals surface area contributed by atoms with Gasteiger partial charge in [0.2, 0.25) is 0 Å². The molecule has 2 rings (SSSR count). The lowest BCUT2D eigenvalue weighted by Gasteiger charge is -2.24. The van der Waals surface area contributed by atoms with Crippen molar-refractivity contribution >= 4 is 17.6 Å².